The average molecular weight is 427 g/mol. The van der Waals surface area contributed by atoms with Crippen LogP contribution in [0.1, 0.15) is 26.7 Å². The molecular formula is C19H26FN3O5S. The molecule has 2 heterocycles. The van der Waals surface area contributed by atoms with Crippen molar-refractivity contribution in [1.29, 1.82) is 0 Å². The number of hydrogen-bond donors (Lipinski definition) is 2. The highest BCUT2D eigenvalue weighted by molar-refractivity contribution is 7.90. The topological polar surface area (TPSA) is 107 Å². The molecule has 2 aliphatic heterocycles. The maximum atomic E-state index is 14.3. The summed E-state index contributed by atoms with van der Waals surface area (Å²) in [5.41, 5.74) is -0.318. The van der Waals surface area contributed by atoms with Gasteiger partial charge in [0.1, 0.15) is 11.9 Å². The summed E-state index contributed by atoms with van der Waals surface area (Å²) in [4.78, 5) is 27.2. The van der Waals surface area contributed by atoms with Crippen molar-refractivity contribution in [2.24, 2.45) is 5.41 Å². The second kappa shape index (κ2) is 7.47. The predicted molar refractivity (Wildman–Crippen MR) is 105 cm³/mol. The SMILES string of the molecule is CC1(C)CN(C(=O)O)CCC1N1CC[C@H](Nc2ccc(S(C)(=O)=O)cc2F)C1=O. The lowest BCUT2D eigenvalue weighted by molar-refractivity contribution is -0.134. The van der Waals surface area contributed by atoms with Crippen LogP contribution in [0.3, 0.4) is 0 Å². The van der Waals surface area contributed by atoms with Crippen LogP contribution >= 0.6 is 0 Å². The number of piperidine rings is 1. The fourth-order valence-electron chi connectivity index (χ4n) is 4.26. The van der Waals surface area contributed by atoms with Gasteiger partial charge in [0.25, 0.3) is 0 Å². The number of carbonyl (C=O) groups is 2. The summed E-state index contributed by atoms with van der Waals surface area (Å²) in [6, 6.07) is 2.87. The van der Waals surface area contributed by atoms with Crippen molar-refractivity contribution in [3.8, 4) is 0 Å². The summed E-state index contributed by atoms with van der Waals surface area (Å²) < 4.78 is 37.4. The van der Waals surface area contributed by atoms with E-state index in [1.165, 1.54) is 17.0 Å². The van der Waals surface area contributed by atoms with E-state index in [4.69, 9.17) is 0 Å². The van der Waals surface area contributed by atoms with Crippen molar-refractivity contribution < 1.29 is 27.5 Å². The van der Waals surface area contributed by atoms with E-state index in [0.29, 0.717) is 32.5 Å². The number of hydrogen-bond acceptors (Lipinski definition) is 5. The Morgan fingerprint density at radius 1 is 1.28 bits per heavy atom. The average Bonchev–Trinajstić information content (AvgIpc) is 2.95. The van der Waals surface area contributed by atoms with E-state index >= 15 is 0 Å². The van der Waals surface area contributed by atoms with Crippen molar-refractivity contribution in [3.05, 3.63) is 24.0 Å². The van der Waals surface area contributed by atoms with Crippen LogP contribution in [-0.2, 0) is 14.6 Å². The molecule has 2 fully saturated rings. The smallest absolute Gasteiger partial charge is 0.407 e. The third kappa shape index (κ3) is 4.31. The minimum Gasteiger partial charge on any atom is -0.465 e. The van der Waals surface area contributed by atoms with Gasteiger partial charge < -0.3 is 20.2 Å². The summed E-state index contributed by atoms with van der Waals surface area (Å²) in [5.74, 6) is -0.882. The van der Waals surface area contributed by atoms with Gasteiger partial charge in [0.05, 0.1) is 10.6 Å². The molecule has 2 aliphatic rings. The Morgan fingerprint density at radius 3 is 2.52 bits per heavy atom. The molecule has 10 heteroatoms. The molecular weight excluding hydrogens is 401 g/mol. The first-order valence-electron chi connectivity index (χ1n) is 9.44. The molecule has 0 aliphatic carbocycles. The van der Waals surface area contributed by atoms with Crippen LogP contribution < -0.4 is 5.32 Å². The first-order chi connectivity index (χ1) is 13.4. The molecule has 0 saturated carbocycles. The Hall–Kier alpha value is -2.36. The zero-order valence-electron chi connectivity index (χ0n) is 16.7. The Kier molecular flexibility index (Phi) is 5.50. The van der Waals surface area contributed by atoms with E-state index in [1.807, 2.05) is 13.8 Å². The van der Waals surface area contributed by atoms with E-state index < -0.39 is 33.2 Å². The Morgan fingerprint density at radius 2 is 1.97 bits per heavy atom. The fourth-order valence-corrected chi connectivity index (χ4v) is 4.90. The van der Waals surface area contributed by atoms with Gasteiger partial charge in [-0.25, -0.2) is 17.6 Å². The fraction of sp³-hybridized carbons (Fsp3) is 0.579. The maximum Gasteiger partial charge on any atom is 0.407 e. The van der Waals surface area contributed by atoms with Crippen LogP contribution in [0.2, 0.25) is 0 Å². The molecule has 29 heavy (non-hydrogen) atoms. The van der Waals surface area contributed by atoms with Crippen LogP contribution in [0.5, 0.6) is 0 Å². The van der Waals surface area contributed by atoms with Crippen molar-refractivity contribution in [3.63, 3.8) is 0 Å². The highest BCUT2D eigenvalue weighted by Gasteiger charge is 2.45. The van der Waals surface area contributed by atoms with E-state index in [9.17, 15) is 27.5 Å². The second-order valence-corrected chi connectivity index (χ2v) is 10.4. The highest BCUT2D eigenvalue weighted by atomic mass is 32.2. The van der Waals surface area contributed by atoms with E-state index in [0.717, 1.165) is 12.3 Å². The van der Waals surface area contributed by atoms with E-state index in [-0.39, 0.29) is 22.5 Å². The molecule has 160 valence electrons. The lowest BCUT2D eigenvalue weighted by Crippen LogP contribution is -2.57. The van der Waals surface area contributed by atoms with Crippen molar-refractivity contribution in [1.82, 2.24) is 9.80 Å². The summed E-state index contributed by atoms with van der Waals surface area (Å²) in [5, 5.41) is 12.1. The molecule has 2 saturated heterocycles. The van der Waals surface area contributed by atoms with Crippen molar-refractivity contribution in [2.75, 3.05) is 31.2 Å². The number of carboxylic acid groups (broad SMARTS) is 1. The molecule has 0 aromatic heterocycles. The molecule has 1 aromatic rings. The van der Waals surface area contributed by atoms with E-state index in [1.54, 1.807) is 4.90 Å². The first-order valence-corrected chi connectivity index (χ1v) is 11.3. The monoisotopic (exact) mass is 427 g/mol. The zero-order valence-corrected chi connectivity index (χ0v) is 17.5. The third-order valence-corrected chi connectivity index (χ3v) is 6.87. The highest BCUT2D eigenvalue weighted by Crippen LogP contribution is 2.36. The summed E-state index contributed by atoms with van der Waals surface area (Å²) in [7, 11) is -3.52. The molecule has 0 bridgehead atoms. The van der Waals surface area contributed by atoms with Gasteiger partial charge in [-0.2, -0.15) is 0 Å². The lowest BCUT2D eigenvalue weighted by atomic mass is 9.78. The summed E-state index contributed by atoms with van der Waals surface area (Å²) in [6.45, 7) is 5.11. The van der Waals surface area contributed by atoms with Crippen molar-refractivity contribution >= 4 is 27.5 Å². The number of anilines is 1. The minimum absolute atomic E-state index is 0.0811. The number of amides is 2. The number of halogens is 1. The Bertz CT molecular complexity index is 934. The standard InChI is InChI=1S/C19H26FN3O5S/c1-19(2)11-22(18(25)26)8-7-16(19)23-9-6-15(17(23)24)21-14-5-4-12(10-13(14)20)29(3,27)28/h4-5,10,15-16,21H,6-9,11H2,1-3H3,(H,25,26)/t15-,16?/m0/s1. The number of benzene rings is 1. The van der Waals surface area contributed by atoms with Crippen LogP contribution in [0.25, 0.3) is 0 Å². The van der Waals surface area contributed by atoms with Gasteiger partial charge in [0.15, 0.2) is 9.84 Å². The van der Waals surface area contributed by atoms with Gasteiger partial charge in [-0.15, -0.1) is 0 Å². The largest absolute Gasteiger partial charge is 0.465 e. The lowest BCUT2D eigenvalue weighted by Gasteiger charge is -2.47. The van der Waals surface area contributed by atoms with Crippen LogP contribution in [0, 0.1) is 11.2 Å². The molecule has 2 amide bonds. The normalized spacial score (nSPS) is 24.6. The van der Waals surface area contributed by atoms with Gasteiger partial charge in [-0.1, -0.05) is 13.8 Å². The summed E-state index contributed by atoms with van der Waals surface area (Å²) in [6.07, 6.45) is 1.08. The quantitative estimate of drug-likeness (QED) is 0.761. The van der Waals surface area contributed by atoms with E-state index in [2.05, 4.69) is 5.32 Å². The van der Waals surface area contributed by atoms with Crippen LogP contribution in [0.4, 0.5) is 14.9 Å². The van der Waals surface area contributed by atoms with Gasteiger partial charge in [-0.05, 0) is 31.0 Å². The number of sulfone groups is 1. The Labute approximate surface area is 169 Å². The number of likely N-dealkylation sites (tertiary alicyclic amines) is 2. The van der Waals surface area contributed by atoms with Crippen LogP contribution in [-0.4, -0.2) is 73.3 Å². The molecule has 2 atom stereocenters. The number of rotatable bonds is 4. The van der Waals surface area contributed by atoms with Gasteiger partial charge in [0.2, 0.25) is 5.91 Å². The number of nitrogens with zero attached hydrogens (tertiary/aromatic N) is 2. The second-order valence-electron chi connectivity index (χ2n) is 8.43. The van der Waals surface area contributed by atoms with Crippen molar-refractivity contribution in [2.45, 2.75) is 43.7 Å². The zero-order chi connectivity index (χ0) is 21.6. The first kappa shape index (κ1) is 21.4. The van der Waals surface area contributed by atoms with Crippen LogP contribution in [0.15, 0.2) is 23.1 Å². The number of nitrogens with one attached hydrogen (secondary N) is 1. The molecule has 0 radical (unpaired) electrons. The molecule has 1 aromatic carbocycles. The Balaban J connectivity index is 1.71. The maximum absolute atomic E-state index is 14.3. The van der Waals surface area contributed by atoms with Gasteiger partial charge in [-0.3, -0.25) is 4.79 Å². The summed E-state index contributed by atoms with van der Waals surface area (Å²) >= 11 is 0. The molecule has 2 N–H and O–H groups in total. The van der Waals surface area contributed by atoms with Gasteiger partial charge >= 0.3 is 6.09 Å². The molecule has 3 rings (SSSR count). The third-order valence-electron chi connectivity index (χ3n) is 5.76. The predicted octanol–water partition coefficient (Wildman–Crippen LogP) is 2.02. The van der Waals surface area contributed by atoms with Gasteiger partial charge in [0, 0.05) is 37.3 Å². The molecule has 0 spiro atoms. The molecule has 8 nitrogen and oxygen atoms in total. The molecule has 1 unspecified atom stereocenters. The minimum atomic E-state index is -3.52. The number of carbonyl (C=O) groups excluding carboxylic acids is 1.